The smallest absolute Gasteiger partial charge is 0.143 e. The normalized spacial score (nSPS) is 29.9. The Labute approximate surface area is 189 Å². The number of likely N-dealkylation sites (N-methyl/N-ethyl adjacent to an activating group) is 1. The topological polar surface area (TPSA) is 57.3 Å². The number of fused-ring (bicyclic) bond motifs is 3. The zero-order valence-corrected chi connectivity index (χ0v) is 18.7. The fourth-order valence-electron chi connectivity index (χ4n) is 6.54. The van der Waals surface area contributed by atoms with E-state index in [1.165, 1.54) is 36.1 Å². The monoisotopic (exact) mass is 429 g/mol. The van der Waals surface area contributed by atoms with Gasteiger partial charge >= 0.3 is 0 Å². The Morgan fingerprint density at radius 1 is 1.06 bits per heavy atom. The van der Waals surface area contributed by atoms with Gasteiger partial charge in [0.05, 0.1) is 24.6 Å². The van der Waals surface area contributed by atoms with Crippen molar-refractivity contribution < 1.29 is 4.74 Å². The minimum atomic E-state index is 0.289. The SMILES string of the molecule is CN(c1ncnc2[nH]c(C3CC3)cc12)C1c2ccccc2CCC1N1CC2COC[C@@H]2C1. The molecule has 166 valence electrons. The molecule has 0 bridgehead atoms. The Morgan fingerprint density at radius 2 is 1.88 bits per heavy atom. The number of nitrogens with one attached hydrogen (secondary N) is 1. The molecule has 3 aromatic rings. The van der Waals surface area contributed by atoms with Crippen LogP contribution in [0.1, 0.15) is 48.0 Å². The zero-order chi connectivity index (χ0) is 21.2. The number of hydrogen-bond acceptors (Lipinski definition) is 5. The zero-order valence-electron chi connectivity index (χ0n) is 18.7. The Kier molecular flexibility index (Phi) is 4.34. The number of anilines is 1. The molecule has 1 aromatic carbocycles. The van der Waals surface area contributed by atoms with Crippen LogP contribution in [-0.2, 0) is 11.2 Å². The molecule has 1 saturated carbocycles. The number of likely N-dealkylation sites (tertiary alicyclic amines) is 1. The van der Waals surface area contributed by atoms with Gasteiger partial charge < -0.3 is 14.6 Å². The van der Waals surface area contributed by atoms with E-state index in [4.69, 9.17) is 9.72 Å². The number of nitrogens with zero attached hydrogens (tertiary/aromatic N) is 4. The van der Waals surface area contributed by atoms with Crippen LogP contribution in [0.2, 0.25) is 0 Å². The minimum absolute atomic E-state index is 0.289. The molecule has 32 heavy (non-hydrogen) atoms. The van der Waals surface area contributed by atoms with Crippen molar-refractivity contribution >= 4 is 16.9 Å². The summed E-state index contributed by atoms with van der Waals surface area (Å²) in [6.07, 6.45) is 6.64. The van der Waals surface area contributed by atoms with Gasteiger partial charge in [0.15, 0.2) is 0 Å². The van der Waals surface area contributed by atoms with Gasteiger partial charge in [0.1, 0.15) is 17.8 Å². The van der Waals surface area contributed by atoms with Crippen LogP contribution in [0, 0.1) is 11.8 Å². The molecule has 0 radical (unpaired) electrons. The van der Waals surface area contributed by atoms with Crippen LogP contribution >= 0.6 is 0 Å². The summed E-state index contributed by atoms with van der Waals surface area (Å²) in [5.41, 5.74) is 5.24. The van der Waals surface area contributed by atoms with Crippen LogP contribution in [0.3, 0.4) is 0 Å². The third kappa shape index (κ3) is 3.00. The Morgan fingerprint density at radius 3 is 2.69 bits per heavy atom. The number of rotatable bonds is 4. The van der Waals surface area contributed by atoms with Crippen molar-refractivity contribution in [2.45, 2.75) is 43.7 Å². The summed E-state index contributed by atoms with van der Waals surface area (Å²) in [6.45, 7) is 4.20. The summed E-state index contributed by atoms with van der Waals surface area (Å²) >= 11 is 0. The number of benzene rings is 1. The molecule has 1 N–H and O–H groups in total. The summed E-state index contributed by atoms with van der Waals surface area (Å²) in [5.74, 6) is 3.13. The number of H-pyrrole nitrogens is 1. The second-order valence-corrected chi connectivity index (χ2v) is 10.3. The molecule has 3 unspecified atom stereocenters. The van der Waals surface area contributed by atoms with E-state index in [1.807, 2.05) is 0 Å². The third-order valence-corrected chi connectivity index (χ3v) is 8.38. The van der Waals surface area contributed by atoms with Crippen LogP contribution < -0.4 is 4.90 Å². The number of aryl methyl sites for hydroxylation is 1. The lowest BCUT2D eigenvalue weighted by molar-refractivity contribution is 0.124. The second-order valence-electron chi connectivity index (χ2n) is 10.3. The van der Waals surface area contributed by atoms with Gasteiger partial charge in [-0.2, -0.15) is 0 Å². The maximum absolute atomic E-state index is 5.76. The van der Waals surface area contributed by atoms with Gasteiger partial charge in [-0.1, -0.05) is 24.3 Å². The summed E-state index contributed by atoms with van der Waals surface area (Å²) < 4.78 is 5.76. The molecule has 4 aliphatic rings. The molecule has 4 heterocycles. The average Bonchev–Trinajstić information content (AvgIpc) is 3.23. The van der Waals surface area contributed by atoms with E-state index in [2.05, 4.69) is 57.1 Å². The highest BCUT2D eigenvalue weighted by Gasteiger charge is 2.44. The quantitative estimate of drug-likeness (QED) is 0.682. The third-order valence-electron chi connectivity index (χ3n) is 8.38. The number of aromatic amines is 1. The molecule has 7 rings (SSSR count). The van der Waals surface area contributed by atoms with Crippen molar-refractivity contribution in [3.8, 4) is 0 Å². The van der Waals surface area contributed by atoms with Crippen molar-refractivity contribution in [2.75, 3.05) is 38.3 Å². The Hall–Kier alpha value is -2.44. The molecule has 4 atom stereocenters. The highest BCUT2D eigenvalue weighted by Crippen LogP contribution is 2.44. The minimum Gasteiger partial charge on any atom is -0.381 e. The van der Waals surface area contributed by atoms with Crippen molar-refractivity contribution in [1.82, 2.24) is 19.9 Å². The Bertz CT molecular complexity index is 1140. The predicted octanol–water partition coefficient (Wildman–Crippen LogP) is 3.91. The van der Waals surface area contributed by atoms with Gasteiger partial charge in [-0.15, -0.1) is 0 Å². The first-order valence-electron chi connectivity index (χ1n) is 12.2. The van der Waals surface area contributed by atoms with E-state index >= 15 is 0 Å². The van der Waals surface area contributed by atoms with Crippen molar-refractivity contribution in [3.63, 3.8) is 0 Å². The fraction of sp³-hybridized carbons (Fsp3) is 0.538. The van der Waals surface area contributed by atoms with Crippen molar-refractivity contribution in [2.24, 2.45) is 11.8 Å². The van der Waals surface area contributed by atoms with E-state index < -0.39 is 0 Å². The molecule has 6 heteroatoms. The van der Waals surface area contributed by atoms with Gasteiger partial charge in [-0.25, -0.2) is 9.97 Å². The number of hydrogen-bond donors (Lipinski definition) is 1. The summed E-state index contributed by atoms with van der Waals surface area (Å²) in [6, 6.07) is 12.1. The molecule has 6 nitrogen and oxygen atoms in total. The summed E-state index contributed by atoms with van der Waals surface area (Å²) in [5, 5.41) is 1.16. The Balaban J connectivity index is 1.29. The molecular formula is C26H31N5O. The van der Waals surface area contributed by atoms with Crippen molar-refractivity contribution in [1.29, 1.82) is 0 Å². The van der Waals surface area contributed by atoms with Crippen LogP contribution in [0.15, 0.2) is 36.7 Å². The van der Waals surface area contributed by atoms with Gasteiger partial charge in [0.2, 0.25) is 0 Å². The van der Waals surface area contributed by atoms with Gasteiger partial charge in [-0.3, -0.25) is 4.90 Å². The lowest BCUT2D eigenvalue weighted by Gasteiger charge is -2.44. The first kappa shape index (κ1) is 19.1. The highest BCUT2D eigenvalue weighted by molar-refractivity contribution is 5.88. The van der Waals surface area contributed by atoms with Gasteiger partial charge in [0.25, 0.3) is 0 Å². The predicted molar refractivity (Wildman–Crippen MR) is 125 cm³/mol. The number of ether oxygens (including phenoxy) is 1. The average molecular weight is 430 g/mol. The van der Waals surface area contributed by atoms with Crippen molar-refractivity contribution in [3.05, 3.63) is 53.5 Å². The van der Waals surface area contributed by atoms with Gasteiger partial charge in [-0.05, 0) is 48.8 Å². The molecule has 0 spiro atoms. The molecule has 3 fully saturated rings. The maximum Gasteiger partial charge on any atom is 0.143 e. The molecule has 2 aromatic heterocycles. The van der Waals surface area contributed by atoms with E-state index in [-0.39, 0.29) is 6.04 Å². The molecule has 2 saturated heterocycles. The first-order valence-corrected chi connectivity index (χ1v) is 12.2. The fourth-order valence-corrected chi connectivity index (χ4v) is 6.54. The molecule has 2 aliphatic heterocycles. The standard InChI is InChI=1S/C26H31N5O/c1-30(26-21-10-22(17-6-7-17)29-25(21)27-15-28-26)24-20-5-3-2-4-16(20)8-9-23(24)31-11-18-13-32-14-19(18)12-31/h2-5,10,15,17-19,23-24H,6-9,11-14H2,1H3,(H,27,28,29)/t18-,19?,23?,24?/m0/s1. The van der Waals surface area contributed by atoms with Crippen LogP contribution in [-0.4, -0.2) is 59.2 Å². The van der Waals surface area contributed by atoms with E-state index in [9.17, 15) is 0 Å². The van der Waals surface area contributed by atoms with Crippen LogP contribution in [0.25, 0.3) is 11.0 Å². The lowest BCUT2D eigenvalue weighted by atomic mass is 9.82. The second kappa shape index (κ2) is 7.29. The number of aromatic nitrogens is 3. The highest BCUT2D eigenvalue weighted by atomic mass is 16.5. The maximum atomic E-state index is 5.76. The molecule has 0 amide bonds. The van der Waals surface area contributed by atoms with E-state index in [0.717, 1.165) is 49.6 Å². The van der Waals surface area contributed by atoms with Crippen LogP contribution in [0.5, 0.6) is 0 Å². The largest absolute Gasteiger partial charge is 0.381 e. The summed E-state index contributed by atoms with van der Waals surface area (Å²) in [7, 11) is 2.24. The van der Waals surface area contributed by atoms with Crippen LogP contribution in [0.4, 0.5) is 5.82 Å². The van der Waals surface area contributed by atoms with E-state index in [1.54, 1.807) is 6.33 Å². The van der Waals surface area contributed by atoms with Gasteiger partial charge in [0, 0.05) is 43.7 Å². The molecular weight excluding hydrogens is 398 g/mol. The summed E-state index contributed by atoms with van der Waals surface area (Å²) in [4.78, 5) is 18.2. The lowest BCUT2D eigenvalue weighted by Crippen LogP contribution is -2.47. The van der Waals surface area contributed by atoms with E-state index in [0.29, 0.717) is 23.8 Å². The molecule has 2 aliphatic carbocycles. The first-order chi connectivity index (χ1) is 15.8.